The molecule has 27 heavy (non-hydrogen) atoms. The zero-order valence-electron chi connectivity index (χ0n) is 15.0. The maximum Gasteiger partial charge on any atom is 0.302 e. The van der Waals surface area contributed by atoms with Gasteiger partial charge in [-0.05, 0) is 37.8 Å². The predicted octanol–water partition coefficient (Wildman–Crippen LogP) is 2.22. The molecule has 4 rings (SSSR count). The van der Waals surface area contributed by atoms with Crippen molar-refractivity contribution in [3.63, 3.8) is 0 Å². The normalized spacial score (nSPS) is 17.3. The van der Waals surface area contributed by atoms with Crippen LogP contribution in [-0.4, -0.2) is 45.8 Å². The number of ether oxygens (including phenoxy) is 1. The molecule has 0 radical (unpaired) electrons. The van der Waals surface area contributed by atoms with Crippen molar-refractivity contribution in [1.82, 2.24) is 14.9 Å². The fraction of sp³-hybridized carbons (Fsp3) is 0.350. The smallest absolute Gasteiger partial charge is 0.302 e. The zero-order valence-corrected chi connectivity index (χ0v) is 15.0. The summed E-state index contributed by atoms with van der Waals surface area (Å²) < 4.78 is 4.85. The van der Waals surface area contributed by atoms with E-state index in [9.17, 15) is 14.4 Å². The first-order chi connectivity index (χ1) is 13.0. The molecule has 0 N–H and O–H groups in total. The molecule has 0 saturated heterocycles. The number of aromatic nitrogens is 2. The molecule has 2 heterocycles. The second-order valence-electron chi connectivity index (χ2n) is 6.65. The van der Waals surface area contributed by atoms with Crippen molar-refractivity contribution < 1.29 is 19.1 Å². The van der Waals surface area contributed by atoms with Crippen LogP contribution in [0.5, 0.6) is 0 Å². The van der Waals surface area contributed by atoms with Crippen molar-refractivity contribution in [2.24, 2.45) is 0 Å². The molecule has 2 aromatic rings. The van der Waals surface area contributed by atoms with E-state index in [1.165, 1.54) is 6.92 Å². The number of hydrogen-bond donors (Lipinski definition) is 0. The molecule has 1 aliphatic heterocycles. The Morgan fingerprint density at radius 2 is 1.52 bits per heavy atom. The van der Waals surface area contributed by atoms with Gasteiger partial charge >= 0.3 is 5.97 Å². The minimum Gasteiger partial charge on any atom is -0.464 e. The van der Waals surface area contributed by atoms with E-state index in [4.69, 9.17) is 14.7 Å². The van der Waals surface area contributed by atoms with Crippen molar-refractivity contribution in [2.45, 2.75) is 32.6 Å². The van der Waals surface area contributed by atoms with Crippen LogP contribution in [0.15, 0.2) is 24.3 Å². The van der Waals surface area contributed by atoms with Crippen molar-refractivity contribution >= 4 is 28.8 Å². The molecule has 0 atom stereocenters. The van der Waals surface area contributed by atoms with Gasteiger partial charge in [0.15, 0.2) is 0 Å². The second-order valence-corrected chi connectivity index (χ2v) is 6.65. The number of nitrogens with zero attached hydrogens (tertiary/aromatic N) is 3. The van der Waals surface area contributed by atoms with E-state index in [0.717, 1.165) is 42.0 Å². The lowest BCUT2D eigenvalue weighted by molar-refractivity contribution is -0.141. The van der Waals surface area contributed by atoms with Gasteiger partial charge in [0.05, 0.1) is 40.1 Å². The number of rotatable bonds is 3. The van der Waals surface area contributed by atoms with Gasteiger partial charge in [-0.15, -0.1) is 0 Å². The summed E-state index contributed by atoms with van der Waals surface area (Å²) >= 11 is 0. The topological polar surface area (TPSA) is 89.5 Å². The van der Waals surface area contributed by atoms with E-state index >= 15 is 0 Å². The summed E-state index contributed by atoms with van der Waals surface area (Å²) in [5.41, 5.74) is 3.82. The lowest BCUT2D eigenvalue weighted by Gasteiger charge is -2.12. The fourth-order valence-electron chi connectivity index (χ4n) is 3.47. The Balaban J connectivity index is 1.69. The number of hydrogen-bond acceptors (Lipinski definition) is 6. The highest BCUT2D eigenvalue weighted by Gasteiger charge is 2.36. The molecule has 2 amide bonds. The van der Waals surface area contributed by atoms with E-state index in [1.807, 2.05) is 0 Å². The number of benzene rings is 1. The fourth-order valence-corrected chi connectivity index (χ4v) is 3.47. The van der Waals surface area contributed by atoms with Gasteiger partial charge in [-0.1, -0.05) is 12.2 Å². The highest BCUT2D eigenvalue weighted by Crippen LogP contribution is 2.28. The molecular weight excluding hydrogens is 346 g/mol. The van der Waals surface area contributed by atoms with Crippen LogP contribution in [-0.2, 0) is 22.4 Å². The quantitative estimate of drug-likeness (QED) is 0.471. The molecule has 2 aliphatic rings. The van der Waals surface area contributed by atoms with Gasteiger partial charge in [-0.25, -0.2) is 9.97 Å². The molecule has 1 aromatic heterocycles. The summed E-state index contributed by atoms with van der Waals surface area (Å²) in [7, 11) is 0. The molecule has 1 aliphatic carbocycles. The van der Waals surface area contributed by atoms with Crippen molar-refractivity contribution in [3.8, 4) is 0 Å². The van der Waals surface area contributed by atoms with Crippen molar-refractivity contribution in [2.75, 3.05) is 13.2 Å². The first kappa shape index (κ1) is 17.3. The van der Waals surface area contributed by atoms with Crippen LogP contribution in [0.4, 0.5) is 0 Å². The highest BCUT2D eigenvalue weighted by atomic mass is 16.5. The lowest BCUT2D eigenvalue weighted by Crippen LogP contribution is -2.33. The molecule has 0 saturated carbocycles. The second kappa shape index (κ2) is 6.90. The Morgan fingerprint density at radius 3 is 2.00 bits per heavy atom. The molecule has 7 nitrogen and oxygen atoms in total. The number of imide groups is 1. The molecule has 0 fully saturated rings. The summed E-state index contributed by atoms with van der Waals surface area (Å²) in [6.07, 6.45) is 7.76. The monoisotopic (exact) mass is 365 g/mol. The lowest BCUT2D eigenvalue weighted by atomic mass is 10.0. The van der Waals surface area contributed by atoms with Gasteiger partial charge in [0.1, 0.15) is 6.61 Å². The van der Waals surface area contributed by atoms with Crippen LogP contribution in [0.2, 0.25) is 0 Å². The first-order valence-electron chi connectivity index (χ1n) is 9.02. The van der Waals surface area contributed by atoms with Crippen LogP contribution < -0.4 is 0 Å². The summed E-state index contributed by atoms with van der Waals surface area (Å²) in [5.74, 6) is -1.22. The summed E-state index contributed by atoms with van der Waals surface area (Å²) in [6.45, 7) is 1.30. The third-order valence-corrected chi connectivity index (χ3v) is 4.79. The van der Waals surface area contributed by atoms with E-state index in [2.05, 4.69) is 12.2 Å². The maximum absolute atomic E-state index is 12.6. The number of carbonyl (C=O) groups is 3. The van der Waals surface area contributed by atoms with Crippen molar-refractivity contribution in [1.29, 1.82) is 0 Å². The van der Waals surface area contributed by atoms with E-state index in [-0.39, 0.29) is 25.0 Å². The van der Waals surface area contributed by atoms with Gasteiger partial charge < -0.3 is 4.74 Å². The van der Waals surface area contributed by atoms with Gasteiger partial charge in [-0.3, -0.25) is 19.3 Å². The summed E-state index contributed by atoms with van der Waals surface area (Å²) in [5, 5.41) is 0. The Hall–Kier alpha value is -3.09. The number of allylic oxidation sites excluding steroid dienone is 2. The van der Waals surface area contributed by atoms with Gasteiger partial charge in [0, 0.05) is 6.92 Å². The molecule has 7 heteroatoms. The van der Waals surface area contributed by atoms with E-state index in [0.29, 0.717) is 22.2 Å². The number of fused-ring (bicyclic) bond motifs is 3. The van der Waals surface area contributed by atoms with Crippen LogP contribution in [0, 0.1) is 0 Å². The minimum atomic E-state index is -0.447. The average molecular weight is 365 g/mol. The molecular formula is C20H19N3O4. The van der Waals surface area contributed by atoms with E-state index in [1.54, 1.807) is 12.1 Å². The SMILES string of the molecule is CC(=O)OCCN1C(=O)c2cc3nc4c(nc3cc2C1=O)CC/C=C/CC4. The molecule has 138 valence electrons. The number of aryl methyl sites for hydroxylation is 2. The Morgan fingerprint density at radius 1 is 1.00 bits per heavy atom. The first-order valence-corrected chi connectivity index (χ1v) is 9.02. The standard InChI is InChI=1S/C20H19N3O4/c1-12(24)27-9-8-23-19(25)13-10-17-18(11-14(13)20(23)26)22-16-7-5-3-2-4-6-15(16)21-17/h2-3,10-11H,4-9H2,1H3/b3-2+. The largest absolute Gasteiger partial charge is 0.464 e. The van der Waals surface area contributed by atoms with Crippen LogP contribution in [0.25, 0.3) is 11.0 Å². The average Bonchev–Trinajstić information content (AvgIpc) is 2.84. The number of amides is 2. The van der Waals surface area contributed by atoms with Crippen molar-refractivity contribution in [3.05, 3.63) is 46.8 Å². The van der Waals surface area contributed by atoms with Crippen LogP contribution in [0.1, 0.15) is 51.9 Å². The molecule has 0 spiro atoms. The number of esters is 1. The summed E-state index contributed by atoms with van der Waals surface area (Å²) in [4.78, 5) is 46.7. The van der Waals surface area contributed by atoms with Gasteiger partial charge in [-0.2, -0.15) is 0 Å². The predicted molar refractivity (Wildman–Crippen MR) is 97.3 cm³/mol. The third-order valence-electron chi connectivity index (χ3n) is 4.79. The minimum absolute atomic E-state index is 0.0158. The zero-order chi connectivity index (χ0) is 19.0. The Kier molecular flexibility index (Phi) is 4.43. The number of carbonyl (C=O) groups excluding carboxylic acids is 3. The summed E-state index contributed by atoms with van der Waals surface area (Å²) in [6, 6.07) is 3.30. The Bertz CT molecular complexity index is 928. The third kappa shape index (κ3) is 3.20. The van der Waals surface area contributed by atoms with Gasteiger partial charge in [0.2, 0.25) is 0 Å². The Labute approximate surface area is 156 Å². The van der Waals surface area contributed by atoms with Crippen LogP contribution in [0.3, 0.4) is 0 Å². The molecule has 1 aromatic carbocycles. The maximum atomic E-state index is 12.6. The van der Waals surface area contributed by atoms with E-state index < -0.39 is 5.97 Å². The van der Waals surface area contributed by atoms with Gasteiger partial charge in [0.25, 0.3) is 11.8 Å². The molecule has 0 unspecified atom stereocenters. The van der Waals surface area contributed by atoms with Crippen LogP contribution >= 0.6 is 0 Å². The molecule has 0 bridgehead atoms. The highest BCUT2D eigenvalue weighted by molar-refractivity contribution is 6.22.